The molecule has 1 unspecified atom stereocenters. The Morgan fingerprint density at radius 2 is 2.16 bits per heavy atom. The number of nitrogens with one attached hydrogen (secondary N) is 1. The van der Waals surface area contributed by atoms with Gasteiger partial charge < -0.3 is 10.2 Å². The second kappa shape index (κ2) is 7.29. The molecule has 1 aromatic rings. The molecule has 1 N–H and O–H groups in total. The minimum absolute atomic E-state index is 0.250. The molecule has 2 rings (SSSR count). The van der Waals surface area contributed by atoms with E-state index in [2.05, 4.69) is 36.5 Å². The van der Waals surface area contributed by atoms with Gasteiger partial charge in [0.1, 0.15) is 0 Å². The van der Waals surface area contributed by atoms with Crippen LogP contribution in [-0.4, -0.2) is 37.0 Å². The number of nitrogens with zero attached hydrogens (tertiary/aromatic N) is 1. The van der Waals surface area contributed by atoms with Crippen LogP contribution in [0.25, 0.3) is 0 Å². The molecule has 1 aliphatic heterocycles. The van der Waals surface area contributed by atoms with Crippen LogP contribution in [-0.2, 0) is 11.2 Å². The van der Waals surface area contributed by atoms with Crippen molar-refractivity contribution in [1.29, 1.82) is 0 Å². The topological polar surface area (TPSA) is 32.3 Å². The molecule has 1 atom stereocenters. The predicted molar refractivity (Wildman–Crippen MR) is 78.0 cm³/mol. The molecule has 3 heteroatoms. The fourth-order valence-corrected chi connectivity index (χ4v) is 2.60. The normalized spacial score (nSPS) is 19.4. The third-order valence-electron chi connectivity index (χ3n) is 3.72. The molecule has 1 aliphatic rings. The summed E-state index contributed by atoms with van der Waals surface area (Å²) in [7, 11) is 0. The molecule has 0 radical (unpaired) electrons. The van der Waals surface area contributed by atoms with Crippen molar-refractivity contribution >= 4 is 5.91 Å². The van der Waals surface area contributed by atoms with E-state index in [0.29, 0.717) is 12.5 Å². The standard InChI is InChI=1S/C16H24N2O/c1-14-6-5-11-18(13-14)16(19)12-17-10-9-15-7-3-2-4-8-15/h2-4,7-8,14,17H,5-6,9-13H2,1H3. The molecule has 1 heterocycles. The molecule has 104 valence electrons. The Balaban J connectivity index is 1.64. The zero-order chi connectivity index (χ0) is 13.5. The van der Waals surface area contributed by atoms with Crippen LogP contribution in [0.5, 0.6) is 0 Å². The van der Waals surface area contributed by atoms with E-state index in [4.69, 9.17) is 0 Å². The Morgan fingerprint density at radius 3 is 2.89 bits per heavy atom. The monoisotopic (exact) mass is 260 g/mol. The Kier molecular flexibility index (Phi) is 5.40. The maximum Gasteiger partial charge on any atom is 0.236 e. The molecule has 1 fully saturated rings. The highest BCUT2D eigenvalue weighted by molar-refractivity contribution is 5.78. The number of amides is 1. The number of rotatable bonds is 5. The lowest BCUT2D eigenvalue weighted by Crippen LogP contribution is -2.43. The smallest absolute Gasteiger partial charge is 0.236 e. The van der Waals surface area contributed by atoms with Gasteiger partial charge in [-0.1, -0.05) is 37.3 Å². The van der Waals surface area contributed by atoms with E-state index in [9.17, 15) is 4.79 Å². The lowest BCUT2D eigenvalue weighted by atomic mass is 10.0. The van der Waals surface area contributed by atoms with Crippen LogP contribution in [0.2, 0.25) is 0 Å². The Bertz CT molecular complexity index is 391. The molecule has 1 saturated heterocycles. The third kappa shape index (κ3) is 4.67. The Morgan fingerprint density at radius 1 is 1.37 bits per heavy atom. The van der Waals surface area contributed by atoms with Gasteiger partial charge in [-0.2, -0.15) is 0 Å². The van der Waals surface area contributed by atoms with Gasteiger partial charge in [0.25, 0.3) is 0 Å². The summed E-state index contributed by atoms with van der Waals surface area (Å²) in [6.07, 6.45) is 3.38. The highest BCUT2D eigenvalue weighted by atomic mass is 16.2. The molecule has 1 aromatic carbocycles. The van der Waals surface area contributed by atoms with Crippen LogP contribution in [0, 0.1) is 5.92 Å². The number of hydrogen-bond donors (Lipinski definition) is 1. The SMILES string of the molecule is CC1CCCN(C(=O)CNCCc2ccccc2)C1. The number of benzene rings is 1. The largest absolute Gasteiger partial charge is 0.341 e. The van der Waals surface area contributed by atoms with Crippen LogP contribution in [0.15, 0.2) is 30.3 Å². The molecule has 0 aromatic heterocycles. The molecule has 0 aliphatic carbocycles. The van der Waals surface area contributed by atoms with Crippen LogP contribution < -0.4 is 5.32 Å². The lowest BCUT2D eigenvalue weighted by molar-refractivity contribution is -0.131. The summed E-state index contributed by atoms with van der Waals surface area (Å²) in [6.45, 7) is 5.42. The van der Waals surface area contributed by atoms with Crippen molar-refractivity contribution < 1.29 is 4.79 Å². The molecule has 3 nitrogen and oxygen atoms in total. The zero-order valence-electron chi connectivity index (χ0n) is 11.8. The fraction of sp³-hybridized carbons (Fsp3) is 0.562. The summed E-state index contributed by atoms with van der Waals surface area (Å²) < 4.78 is 0. The van der Waals surface area contributed by atoms with E-state index < -0.39 is 0 Å². The van der Waals surface area contributed by atoms with E-state index in [-0.39, 0.29) is 5.91 Å². The van der Waals surface area contributed by atoms with Crippen molar-refractivity contribution in [2.75, 3.05) is 26.2 Å². The summed E-state index contributed by atoms with van der Waals surface area (Å²) >= 11 is 0. The summed E-state index contributed by atoms with van der Waals surface area (Å²) in [4.78, 5) is 14.0. The third-order valence-corrected chi connectivity index (χ3v) is 3.72. The minimum atomic E-state index is 0.250. The van der Waals surface area contributed by atoms with Gasteiger partial charge in [0.2, 0.25) is 5.91 Å². The fourth-order valence-electron chi connectivity index (χ4n) is 2.60. The molecular formula is C16H24N2O. The molecule has 0 saturated carbocycles. The van der Waals surface area contributed by atoms with Gasteiger partial charge in [-0.25, -0.2) is 0 Å². The van der Waals surface area contributed by atoms with E-state index in [1.807, 2.05) is 11.0 Å². The van der Waals surface area contributed by atoms with Gasteiger partial charge in [0.05, 0.1) is 6.54 Å². The molecule has 0 bridgehead atoms. The van der Waals surface area contributed by atoms with E-state index in [1.165, 1.54) is 12.0 Å². The first-order valence-electron chi connectivity index (χ1n) is 7.28. The van der Waals surface area contributed by atoms with Crippen LogP contribution in [0.4, 0.5) is 0 Å². The first-order chi connectivity index (χ1) is 9.25. The lowest BCUT2D eigenvalue weighted by Gasteiger charge is -2.31. The van der Waals surface area contributed by atoms with Crippen molar-refractivity contribution in [2.24, 2.45) is 5.92 Å². The summed E-state index contributed by atoms with van der Waals surface area (Å²) in [5, 5.41) is 3.25. The van der Waals surface area contributed by atoms with Crippen molar-refractivity contribution in [2.45, 2.75) is 26.2 Å². The van der Waals surface area contributed by atoms with Gasteiger partial charge in [0.15, 0.2) is 0 Å². The van der Waals surface area contributed by atoms with Crippen LogP contribution in [0.1, 0.15) is 25.3 Å². The summed E-state index contributed by atoms with van der Waals surface area (Å²) in [5.74, 6) is 0.904. The highest BCUT2D eigenvalue weighted by Crippen LogP contribution is 2.15. The number of hydrogen-bond acceptors (Lipinski definition) is 2. The molecular weight excluding hydrogens is 236 g/mol. The quantitative estimate of drug-likeness (QED) is 0.822. The van der Waals surface area contributed by atoms with Gasteiger partial charge >= 0.3 is 0 Å². The Labute approximate surface area is 116 Å². The van der Waals surface area contributed by atoms with Crippen molar-refractivity contribution in [3.8, 4) is 0 Å². The van der Waals surface area contributed by atoms with Crippen molar-refractivity contribution in [3.05, 3.63) is 35.9 Å². The van der Waals surface area contributed by atoms with E-state index >= 15 is 0 Å². The molecule has 0 spiro atoms. The maximum atomic E-state index is 12.0. The Hall–Kier alpha value is -1.35. The van der Waals surface area contributed by atoms with E-state index in [0.717, 1.165) is 32.5 Å². The van der Waals surface area contributed by atoms with Gasteiger partial charge in [-0.15, -0.1) is 0 Å². The van der Waals surface area contributed by atoms with E-state index in [1.54, 1.807) is 0 Å². The average molecular weight is 260 g/mol. The molecule has 19 heavy (non-hydrogen) atoms. The second-order valence-electron chi connectivity index (χ2n) is 5.50. The zero-order valence-corrected chi connectivity index (χ0v) is 11.8. The maximum absolute atomic E-state index is 12.0. The second-order valence-corrected chi connectivity index (χ2v) is 5.50. The number of carbonyl (C=O) groups is 1. The first-order valence-corrected chi connectivity index (χ1v) is 7.28. The van der Waals surface area contributed by atoms with Crippen molar-refractivity contribution in [1.82, 2.24) is 10.2 Å². The van der Waals surface area contributed by atoms with Gasteiger partial charge in [-0.3, -0.25) is 4.79 Å². The number of carbonyl (C=O) groups excluding carboxylic acids is 1. The van der Waals surface area contributed by atoms with Gasteiger partial charge in [-0.05, 0) is 37.3 Å². The highest BCUT2D eigenvalue weighted by Gasteiger charge is 2.20. The predicted octanol–water partition coefficient (Wildman–Crippen LogP) is 2.08. The summed E-state index contributed by atoms with van der Waals surface area (Å²) in [6, 6.07) is 10.4. The molecule has 1 amide bonds. The number of likely N-dealkylation sites (tertiary alicyclic amines) is 1. The summed E-state index contributed by atoms with van der Waals surface area (Å²) in [5.41, 5.74) is 1.31. The first kappa shape index (κ1) is 14.1. The minimum Gasteiger partial charge on any atom is -0.341 e. The van der Waals surface area contributed by atoms with Gasteiger partial charge in [0, 0.05) is 13.1 Å². The van der Waals surface area contributed by atoms with Crippen molar-refractivity contribution in [3.63, 3.8) is 0 Å². The van der Waals surface area contributed by atoms with Crippen LogP contribution >= 0.6 is 0 Å². The number of piperidine rings is 1. The average Bonchev–Trinajstić information content (AvgIpc) is 2.44. The van der Waals surface area contributed by atoms with Crippen LogP contribution in [0.3, 0.4) is 0 Å².